The largest absolute Gasteiger partial charge is 0.496 e. The molecule has 8 heteroatoms. The van der Waals surface area contributed by atoms with Crippen LogP contribution in [0.4, 0.5) is 0 Å². The second kappa shape index (κ2) is 24.2. The molecule has 0 saturated heterocycles. The van der Waals surface area contributed by atoms with Gasteiger partial charge in [0.05, 0.1) is 18.4 Å². The van der Waals surface area contributed by atoms with Crippen molar-refractivity contribution < 1.29 is 19.1 Å². The molecule has 1 unspecified atom stereocenters. The van der Waals surface area contributed by atoms with Crippen LogP contribution in [0.2, 0.25) is 0 Å². The maximum Gasteiger partial charge on any atom is 0.272 e. The Bertz CT molecular complexity index is 1420. The maximum absolute atomic E-state index is 13.7. The Kier molecular flexibility index (Phi) is 20.4. The molecule has 282 valence electrons. The molecule has 0 radical (unpaired) electrons. The average Bonchev–Trinajstić information content (AvgIpc) is 3.51. The molecule has 2 aromatic carbocycles. The Labute approximate surface area is 308 Å². The van der Waals surface area contributed by atoms with E-state index in [1.807, 2.05) is 66.2 Å². The first-order valence-electron chi connectivity index (χ1n) is 19.1. The van der Waals surface area contributed by atoms with Gasteiger partial charge in [-0.05, 0) is 74.1 Å². The summed E-state index contributed by atoms with van der Waals surface area (Å²) in [5, 5.41) is 11.0. The quantitative estimate of drug-likeness (QED) is 0.114. The zero-order chi connectivity index (χ0) is 37.6. The van der Waals surface area contributed by atoms with E-state index in [0.29, 0.717) is 55.1 Å². The molecule has 3 aromatic rings. The van der Waals surface area contributed by atoms with Gasteiger partial charge in [0.25, 0.3) is 5.91 Å². The van der Waals surface area contributed by atoms with Gasteiger partial charge < -0.3 is 20.1 Å². The van der Waals surface area contributed by atoms with E-state index in [4.69, 9.17) is 14.6 Å². The normalized spacial score (nSPS) is 13.3. The lowest BCUT2D eigenvalue weighted by Crippen LogP contribution is -2.40. The molecule has 1 aliphatic carbocycles. The average molecular weight is 703 g/mol. The van der Waals surface area contributed by atoms with E-state index in [0.717, 1.165) is 48.4 Å². The first-order valence-corrected chi connectivity index (χ1v) is 19.1. The van der Waals surface area contributed by atoms with Gasteiger partial charge in [-0.25, -0.2) is 0 Å². The standard InChI is InChI=1S/C36H50N4O4.C4H10.C3H6/c1-5-6-20-37-34(41)22-29(21-26(2)3)38-36(42)30-23-31(40(39-30)24-27-14-9-7-10-15-27)35-32(43-4)18-13-19-33(35)44-25-28-16-11-8-12-17-28;1-4(2)3;1-3-2/h8,11-13,16-19,23,26-27,29H,5-7,9-10,14-15,20-22,24-25H2,1-4H3,(H,37,41)(H,38,42);4H,1-3H3;3H,1H2,2H3. The number of rotatable bonds is 16. The highest BCUT2D eigenvalue weighted by molar-refractivity contribution is 5.94. The molecule has 2 amide bonds. The van der Waals surface area contributed by atoms with Gasteiger partial charge in [0, 0.05) is 25.6 Å². The molecule has 51 heavy (non-hydrogen) atoms. The van der Waals surface area contributed by atoms with Gasteiger partial charge in [-0.1, -0.05) is 110 Å². The number of nitrogens with one attached hydrogen (secondary N) is 2. The van der Waals surface area contributed by atoms with Crippen LogP contribution in [0.3, 0.4) is 0 Å². The van der Waals surface area contributed by atoms with Crippen LogP contribution in [0.1, 0.15) is 122 Å². The fraction of sp³-hybridized carbons (Fsp3) is 0.558. The number of nitrogens with zero attached hydrogens (tertiary/aromatic N) is 2. The summed E-state index contributed by atoms with van der Waals surface area (Å²) in [5.41, 5.74) is 2.96. The fourth-order valence-electron chi connectivity index (χ4n) is 5.99. The SMILES string of the molecule is C=CC.CC(C)C.CCCCNC(=O)CC(CC(C)C)NC(=O)c1cc(-c2c(OC)cccc2OCc2ccccc2)n(CC2CCCCC2)n1. The highest BCUT2D eigenvalue weighted by Crippen LogP contribution is 2.40. The summed E-state index contributed by atoms with van der Waals surface area (Å²) in [6.07, 6.45) is 10.6. The zero-order valence-electron chi connectivity index (χ0n) is 32.8. The van der Waals surface area contributed by atoms with Gasteiger partial charge in [0.15, 0.2) is 5.69 Å². The minimum Gasteiger partial charge on any atom is -0.496 e. The van der Waals surface area contributed by atoms with Crippen LogP contribution in [-0.2, 0) is 17.9 Å². The van der Waals surface area contributed by atoms with Crippen molar-refractivity contribution in [1.82, 2.24) is 20.4 Å². The highest BCUT2D eigenvalue weighted by Gasteiger charge is 2.26. The molecule has 1 fully saturated rings. The second-order valence-electron chi connectivity index (χ2n) is 14.6. The predicted molar refractivity (Wildman–Crippen MR) is 211 cm³/mol. The minimum atomic E-state index is -0.285. The van der Waals surface area contributed by atoms with Crippen molar-refractivity contribution in [1.29, 1.82) is 0 Å². The van der Waals surface area contributed by atoms with Crippen LogP contribution in [0.15, 0.2) is 67.3 Å². The number of ether oxygens (including phenoxy) is 2. The van der Waals surface area contributed by atoms with Gasteiger partial charge >= 0.3 is 0 Å². The molecule has 0 aliphatic heterocycles. The minimum absolute atomic E-state index is 0.0397. The number of hydrogen-bond acceptors (Lipinski definition) is 5. The van der Waals surface area contributed by atoms with Crippen LogP contribution < -0.4 is 20.1 Å². The Morgan fingerprint density at radius 2 is 1.65 bits per heavy atom. The molecule has 0 bridgehead atoms. The van der Waals surface area contributed by atoms with Gasteiger partial charge in [0.1, 0.15) is 18.1 Å². The first kappa shape index (κ1) is 43.1. The predicted octanol–water partition coefficient (Wildman–Crippen LogP) is 10.0. The number of aromatic nitrogens is 2. The molecule has 1 atom stereocenters. The summed E-state index contributed by atoms with van der Waals surface area (Å²) < 4.78 is 14.2. The first-order chi connectivity index (χ1) is 24.5. The number of benzene rings is 2. The number of allylic oxidation sites excluding steroid dienone is 1. The summed E-state index contributed by atoms with van der Waals surface area (Å²) in [6, 6.07) is 17.4. The third-order valence-electron chi connectivity index (χ3n) is 8.25. The third kappa shape index (κ3) is 16.2. The molecule has 4 rings (SSSR count). The van der Waals surface area contributed by atoms with E-state index in [-0.39, 0.29) is 24.3 Å². The van der Waals surface area contributed by atoms with E-state index in [1.165, 1.54) is 19.3 Å². The lowest BCUT2D eigenvalue weighted by Gasteiger charge is -2.23. The second-order valence-corrected chi connectivity index (χ2v) is 14.6. The topological polar surface area (TPSA) is 94.5 Å². The van der Waals surface area contributed by atoms with Crippen LogP contribution in [0, 0.1) is 17.8 Å². The van der Waals surface area contributed by atoms with Crippen molar-refractivity contribution in [3.63, 3.8) is 0 Å². The molecule has 1 saturated carbocycles. The zero-order valence-corrected chi connectivity index (χ0v) is 32.8. The molecule has 1 aliphatic rings. The molecule has 0 spiro atoms. The van der Waals surface area contributed by atoms with Crippen LogP contribution in [0.5, 0.6) is 11.5 Å². The summed E-state index contributed by atoms with van der Waals surface area (Å²) in [6.45, 7) is 19.8. The van der Waals surface area contributed by atoms with Crippen LogP contribution in [0.25, 0.3) is 11.3 Å². The van der Waals surface area contributed by atoms with E-state index in [9.17, 15) is 9.59 Å². The van der Waals surface area contributed by atoms with E-state index in [2.05, 4.69) is 58.8 Å². The molecule has 2 N–H and O–H groups in total. The molecule has 1 heterocycles. The Morgan fingerprint density at radius 1 is 1.00 bits per heavy atom. The number of hydrogen-bond donors (Lipinski definition) is 2. The van der Waals surface area contributed by atoms with Crippen molar-refractivity contribution >= 4 is 11.8 Å². The number of methoxy groups -OCH3 is 1. The van der Waals surface area contributed by atoms with Crippen LogP contribution in [-0.4, -0.2) is 41.3 Å². The van der Waals surface area contributed by atoms with Crippen molar-refractivity contribution in [2.75, 3.05) is 13.7 Å². The smallest absolute Gasteiger partial charge is 0.272 e. The fourth-order valence-corrected chi connectivity index (χ4v) is 5.99. The van der Waals surface area contributed by atoms with Crippen molar-refractivity contribution in [3.05, 3.63) is 78.5 Å². The third-order valence-corrected chi connectivity index (χ3v) is 8.25. The number of carbonyl (C=O) groups excluding carboxylic acids is 2. The lowest BCUT2D eigenvalue weighted by atomic mass is 9.89. The van der Waals surface area contributed by atoms with E-state index < -0.39 is 0 Å². The Morgan fingerprint density at radius 3 is 2.25 bits per heavy atom. The summed E-state index contributed by atoms with van der Waals surface area (Å²) in [4.78, 5) is 26.4. The molecular formula is C43H66N4O4. The van der Waals surface area contributed by atoms with E-state index >= 15 is 0 Å². The lowest BCUT2D eigenvalue weighted by molar-refractivity contribution is -0.121. The van der Waals surface area contributed by atoms with Crippen molar-refractivity contribution in [2.45, 2.75) is 125 Å². The molecule has 1 aromatic heterocycles. The van der Waals surface area contributed by atoms with Gasteiger partial charge in [0.2, 0.25) is 5.91 Å². The number of carbonyl (C=O) groups is 2. The maximum atomic E-state index is 13.7. The highest BCUT2D eigenvalue weighted by atomic mass is 16.5. The van der Waals surface area contributed by atoms with Gasteiger partial charge in [-0.15, -0.1) is 6.58 Å². The van der Waals surface area contributed by atoms with E-state index in [1.54, 1.807) is 13.2 Å². The summed E-state index contributed by atoms with van der Waals surface area (Å²) in [5.74, 6) is 2.66. The number of unbranched alkanes of at least 4 members (excludes halogenated alkanes) is 1. The molecule has 8 nitrogen and oxygen atoms in total. The Balaban J connectivity index is 0.00000118. The summed E-state index contributed by atoms with van der Waals surface area (Å²) in [7, 11) is 1.65. The summed E-state index contributed by atoms with van der Waals surface area (Å²) >= 11 is 0. The van der Waals surface area contributed by atoms with Gasteiger partial charge in [-0.2, -0.15) is 5.10 Å². The van der Waals surface area contributed by atoms with Crippen molar-refractivity contribution in [2.24, 2.45) is 17.8 Å². The van der Waals surface area contributed by atoms with Crippen molar-refractivity contribution in [3.8, 4) is 22.8 Å². The van der Waals surface area contributed by atoms with Gasteiger partial charge in [-0.3, -0.25) is 14.3 Å². The van der Waals surface area contributed by atoms with Crippen LogP contribution >= 0.6 is 0 Å². The Hall–Kier alpha value is -4.07. The number of amides is 2. The monoisotopic (exact) mass is 703 g/mol. The molecular weight excluding hydrogens is 636 g/mol.